The summed E-state index contributed by atoms with van der Waals surface area (Å²) in [6, 6.07) is 9.46. The maximum Gasteiger partial charge on any atom is 0.254 e. The lowest BCUT2D eigenvalue weighted by Crippen LogP contribution is -2.38. The molecule has 1 aliphatic rings. The zero-order valence-electron chi connectivity index (χ0n) is 16.9. The van der Waals surface area contributed by atoms with E-state index in [9.17, 15) is 18.0 Å². The molecular weight excluding hydrogens is 409 g/mol. The van der Waals surface area contributed by atoms with Gasteiger partial charge in [-0.15, -0.1) is 0 Å². The van der Waals surface area contributed by atoms with Crippen LogP contribution in [0.1, 0.15) is 16.2 Å². The number of amides is 1. The monoisotopic (exact) mass is 432 g/mol. The predicted octanol–water partition coefficient (Wildman–Crippen LogP) is 2.76. The van der Waals surface area contributed by atoms with Gasteiger partial charge in [-0.1, -0.05) is 12.1 Å². The second kappa shape index (κ2) is 9.49. The summed E-state index contributed by atoms with van der Waals surface area (Å²) < 4.78 is 47.8. The van der Waals surface area contributed by atoms with Crippen LogP contribution >= 0.6 is 0 Å². The van der Waals surface area contributed by atoms with Crippen LogP contribution in [0.2, 0.25) is 0 Å². The first-order chi connectivity index (χ1) is 15.0. The maximum absolute atomic E-state index is 13.8. The van der Waals surface area contributed by atoms with E-state index < -0.39 is 28.9 Å². The van der Waals surface area contributed by atoms with Gasteiger partial charge < -0.3 is 14.6 Å². The van der Waals surface area contributed by atoms with Crippen molar-refractivity contribution in [2.45, 2.75) is 13.0 Å². The zero-order chi connectivity index (χ0) is 21.8. The molecule has 0 bridgehead atoms. The molecule has 9 heteroatoms. The molecule has 0 unspecified atom stereocenters. The minimum Gasteiger partial charge on any atom is -0.379 e. The van der Waals surface area contributed by atoms with Crippen LogP contribution in [0.25, 0.3) is 11.0 Å². The first-order valence-corrected chi connectivity index (χ1v) is 10.2. The first-order valence-electron chi connectivity index (χ1n) is 10.2. The van der Waals surface area contributed by atoms with Crippen LogP contribution in [0.4, 0.5) is 13.2 Å². The third-order valence-corrected chi connectivity index (χ3v) is 5.39. The number of halogens is 3. The number of morpholine rings is 1. The quantitative estimate of drug-likeness (QED) is 0.584. The van der Waals surface area contributed by atoms with E-state index in [0.29, 0.717) is 6.42 Å². The number of ether oxygens (including phenoxy) is 1. The van der Waals surface area contributed by atoms with E-state index in [0.717, 1.165) is 68.4 Å². The molecule has 2 aromatic carbocycles. The molecule has 2 heterocycles. The summed E-state index contributed by atoms with van der Waals surface area (Å²) in [6.45, 7) is 4.99. The van der Waals surface area contributed by atoms with Crippen LogP contribution in [0.3, 0.4) is 0 Å². The minimum absolute atomic E-state index is 0.179. The number of hydrogen-bond donors (Lipinski definition) is 1. The minimum atomic E-state index is -1.66. The highest BCUT2D eigenvalue weighted by molar-refractivity contribution is 5.94. The third kappa shape index (κ3) is 4.72. The molecule has 164 valence electrons. The number of rotatable bonds is 7. The van der Waals surface area contributed by atoms with Gasteiger partial charge in [-0.2, -0.15) is 0 Å². The van der Waals surface area contributed by atoms with Crippen LogP contribution in [-0.4, -0.2) is 59.8 Å². The van der Waals surface area contributed by atoms with Crippen molar-refractivity contribution in [3.05, 3.63) is 65.2 Å². The molecule has 0 atom stereocenters. The fourth-order valence-corrected chi connectivity index (χ4v) is 3.72. The Morgan fingerprint density at radius 3 is 2.61 bits per heavy atom. The molecule has 1 aliphatic heterocycles. The van der Waals surface area contributed by atoms with Crippen molar-refractivity contribution in [3.8, 4) is 0 Å². The SMILES string of the molecule is O=C(NCCc1nc2ccccc2n1CCN1CCOCC1)c1ccc(F)c(F)c1F. The first kappa shape index (κ1) is 21.3. The lowest BCUT2D eigenvalue weighted by Gasteiger charge is -2.27. The smallest absolute Gasteiger partial charge is 0.254 e. The Hall–Kier alpha value is -2.91. The second-order valence-corrected chi connectivity index (χ2v) is 7.35. The zero-order valence-corrected chi connectivity index (χ0v) is 16.9. The largest absolute Gasteiger partial charge is 0.379 e. The van der Waals surface area contributed by atoms with Crippen LogP contribution in [-0.2, 0) is 17.7 Å². The fourth-order valence-electron chi connectivity index (χ4n) is 3.72. The number of carbonyl (C=O) groups excluding carboxylic acids is 1. The summed E-state index contributed by atoms with van der Waals surface area (Å²) in [5, 5.41) is 2.56. The summed E-state index contributed by atoms with van der Waals surface area (Å²) in [5.74, 6) is -4.48. The van der Waals surface area contributed by atoms with Crippen molar-refractivity contribution >= 4 is 16.9 Å². The summed E-state index contributed by atoms with van der Waals surface area (Å²) in [5.41, 5.74) is 1.33. The Balaban J connectivity index is 1.44. The molecule has 0 saturated carbocycles. The van der Waals surface area contributed by atoms with E-state index in [1.54, 1.807) is 0 Å². The molecule has 0 aliphatic carbocycles. The van der Waals surface area contributed by atoms with Crippen LogP contribution in [0, 0.1) is 17.5 Å². The highest BCUT2D eigenvalue weighted by Crippen LogP contribution is 2.18. The number of imidazole rings is 1. The second-order valence-electron chi connectivity index (χ2n) is 7.35. The summed E-state index contributed by atoms with van der Waals surface area (Å²) in [4.78, 5) is 19.2. The van der Waals surface area contributed by atoms with Gasteiger partial charge in [0.05, 0.1) is 29.8 Å². The van der Waals surface area contributed by atoms with Gasteiger partial charge in [0, 0.05) is 39.1 Å². The van der Waals surface area contributed by atoms with Gasteiger partial charge in [-0.3, -0.25) is 9.69 Å². The van der Waals surface area contributed by atoms with E-state index in [4.69, 9.17) is 4.74 Å². The van der Waals surface area contributed by atoms with E-state index in [1.807, 2.05) is 24.3 Å². The Bertz CT molecular complexity index is 1080. The van der Waals surface area contributed by atoms with Gasteiger partial charge in [-0.05, 0) is 24.3 Å². The fraction of sp³-hybridized carbons (Fsp3) is 0.364. The lowest BCUT2D eigenvalue weighted by molar-refractivity contribution is 0.0364. The standard InChI is InChI=1S/C22H23F3N4O2/c23-16-6-5-15(20(24)21(16)25)22(30)26-8-7-19-27-17-3-1-2-4-18(17)29(19)10-9-28-11-13-31-14-12-28/h1-6H,7-14H2,(H,26,30). The van der Waals surface area contributed by atoms with Crippen molar-refractivity contribution in [1.82, 2.24) is 19.8 Å². The molecule has 1 fully saturated rings. The average Bonchev–Trinajstić information content (AvgIpc) is 3.14. The molecule has 31 heavy (non-hydrogen) atoms. The van der Waals surface area contributed by atoms with E-state index in [1.165, 1.54) is 0 Å². The number of nitrogens with one attached hydrogen (secondary N) is 1. The number of para-hydroxylation sites is 2. The number of hydrogen-bond acceptors (Lipinski definition) is 4. The van der Waals surface area contributed by atoms with Gasteiger partial charge in [0.25, 0.3) is 5.91 Å². The molecule has 1 N–H and O–H groups in total. The molecule has 4 rings (SSSR count). The molecular formula is C22H23F3N4O2. The van der Waals surface area contributed by atoms with Crippen LogP contribution in [0.5, 0.6) is 0 Å². The highest BCUT2D eigenvalue weighted by Gasteiger charge is 2.19. The number of benzene rings is 2. The normalized spacial score (nSPS) is 14.8. The average molecular weight is 432 g/mol. The van der Waals surface area contributed by atoms with E-state index in [-0.39, 0.29) is 6.54 Å². The summed E-state index contributed by atoms with van der Waals surface area (Å²) in [7, 11) is 0. The van der Waals surface area contributed by atoms with Gasteiger partial charge >= 0.3 is 0 Å². The number of fused-ring (bicyclic) bond motifs is 1. The van der Waals surface area contributed by atoms with Gasteiger partial charge in [0.15, 0.2) is 17.5 Å². The summed E-state index contributed by atoms with van der Waals surface area (Å²) in [6.07, 6.45) is 0.412. The predicted molar refractivity (Wildman–Crippen MR) is 109 cm³/mol. The Morgan fingerprint density at radius 2 is 1.81 bits per heavy atom. The molecule has 1 aromatic heterocycles. The van der Waals surface area contributed by atoms with Crippen LogP contribution < -0.4 is 5.32 Å². The molecule has 0 spiro atoms. The maximum atomic E-state index is 13.8. The Kier molecular flexibility index (Phi) is 6.53. The molecule has 3 aromatic rings. The third-order valence-electron chi connectivity index (χ3n) is 5.39. The Labute approximate surface area is 177 Å². The number of nitrogens with zero attached hydrogens (tertiary/aromatic N) is 3. The van der Waals surface area contributed by atoms with Crippen molar-refractivity contribution in [3.63, 3.8) is 0 Å². The van der Waals surface area contributed by atoms with Crippen molar-refractivity contribution < 1.29 is 22.7 Å². The number of aromatic nitrogens is 2. The number of carbonyl (C=O) groups is 1. The molecule has 1 amide bonds. The topological polar surface area (TPSA) is 59.4 Å². The highest BCUT2D eigenvalue weighted by atomic mass is 19.2. The molecule has 1 saturated heterocycles. The molecule has 0 radical (unpaired) electrons. The van der Waals surface area contributed by atoms with Crippen molar-refractivity contribution in [2.24, 2.45) is 0 Å². The van der Waals surface area contributed by atoms with Crippen molar-refractivity contribution in [2.75, 3.05) is 39.4 Å². The summed E-state index contributed by atoms with van der Waals surface area (Å²) >= 11 is 0. The van der Waals surface area contributed by atoms with E-state index in [2.05, 4.69) is 19.8 Å². The lowest BCUT2D eigenvalue weighted by atomic mass is 10.2. The molecule has 6 nitrogen and oxygen atoms in total. The van der Waals surface area contributed by atoms with Crippen LogP contribution in [0.15, 0.2) is 36.4 Å². The van der Waals surface area contributed by atoms with Gasteiger partial charge in [0.2, 0.25) is 0 Å². The van der Waals surface area contributed by atoms with Gasteiger partial charge in [0.1, 0.15) is 5.82 Å². The van der Waals surface area contributed by atoms with Crippen molar-refractivity contribution in [1.29, 1.82) is 0 Å². The Morgan fingerprint density at radius 1 is 1.03 bits per heavy atom. The van der Waals surface area contributed by atoms with E-state index >= 15 is 0 Å². The van der Waals surface area contributed by atoms with Gasteiger partial charge in [-0.25, -0.2) is 18.2 Å².